The number of carbonyl (C=O) groups excluding carboxylic acids is 1. The van der Waals surface area contributed by atoms with Gasteiger partial charge in [-0.05, 0) is 57.8 Å². The van der Waals surface area contributed by atoms with Gasteiger partial charge in [-0.25, -0.2) is 4.79 Å². The van der Waals surface area contributed by atoms with Crippen LogP contribution in [-0.2, 0) is 4.79 Å². The molecule has 2 amide bonds. The summed E-state index contributed by atoms with van der Waals surface area (Å²) in [7, 11) is 0. The molecule has 0 heterocycles. The van der Waals surface area contributed by atoms with Crippen molar-refractivity contribution >= 4 is 12.0 Å². The monoisotopic (exact) mass is 294 g/mol. The third-order valence-electron chi connectivity index (χ3n) is 4.53. The first-order chi connectivity index (χ1) is 10.1. The summed E-state index contributed by atoms with van der Waals surface area (Å²) in [5.41, 5.74) is 1.46. The predicted molar refractivity (Wildman–Crippen MR) is 81.1 cm³/mol. The fourth-order valence-corrected chi connectivity index (χ4v) is 3.19. The Balaban J connectivity index is 1.59. The van der Waals surface area contributed by atoms with E-state index in [1.807, 2.05) is 0 Å². The van der Waals surface area contributed by atoms with Gasteiger partial charge in [0, 0.05) is 12.6 Å². The SMILES string of the molecule is O=C(NCCC1=CCCCC1)NC1CCC(C(=O)O)CC1. The van der Waals surface area contributed by atoms with E-state index in [9.17, 15) is 9.59 Å². The van der Waals surface area contributed by atoms with Crippen LogP contribution in [0.25, 0.3) is 0 Å². The topological polar surface area (TPSA) is 78.4 Å². The molecule has 5 nitrogen and oxygen atoms in total. The average Bonchev–Trinajstić information content (AvgIpc) is 2.49. The Hall–Kier alpha value is -1.52. The lowest BCUT2D eigenvalue weighted by Gasteiger charge is -2.26. The van der Waals surface area contributed by atoms with E-state index in [1.165, 1.54) is 31.3 Å². The number of hydrogen-bond donors (Lipinski definition) is 3. The van der Waals surface area contributed by atoms with Gasteiger partial charge < -0.3 is 15.7 Å². The highest BCUT2D eigenvalue weighted by Crippen LogP contribution is 2.24. The van der Waals surface area contributed by atoms with E-state index in [0.717, 1.165) is 19.3 Å². The number of carboxylic acids is 1. The number of allylic oxidation sites excluding steroid dienone is 1. The van der Waals surface area contributed by atoms with Gasteiger partial charge in [0.1, 0.15) is 0 Å². The average molecular weight is 294 g/mol. The van der Waals surface area contributed by atoms with E-state index in [-0.39, 0.29) is 18.0 Å². The first-order valence-electron chi connectivity index (χ1n) is 8.10. The summed E-state index contributed by atoms with van der Waals surface area (Å²) < 4.78 is 0. The molecule has 0 radical (unpaired) electrons. The minimum atomic E-state index is -0.710. The Kier molecular flexibility index (Phi) is 6.08. The Morgan fingerprint density at radius 2 is 1.95 bits per heavy atom. The molecule has 0 aliphatic heterocycles. The zero-order chi connectivity index (χ0) is 15.1. The lowest BCUT2D eigenvalue weighted by Crippen LogP contribution is -2.44. The maximum atomic E-state index is 11.8. The van der Waals surface area contributed by atoms with Crippen molar-refractivity contribution in [2.75, 3.05) is 6.54 Å². The molecule has 0 unspecified atom stereocenters. The molecular weight excluding hydrogens is 268 g/mol. The summed E-state index contributed by atoms with van der Waals surface area (Å²) in [5, 5.41) is 14.8. The van der Waals surface area contributed by atoms with Crippen LogP contribution < -0.4 is 10.6 Å². The van der Waals surface area contributed by atoms with Gasteiger partial charge >= 0.3 is 12.0 Å². The number of amides is 2. The van der Waals surface area contributed by atoms with Crippen LogP contribution in [0.4, 0.5) is 4.79 Å². The highest BCUT2D eigenvalue weighted by atomic mass is 16.4. The quantitative estimate of drug-likeness (QED) is 0.682. The van der Waals surface area contributed by atoms with E-state index in [4.69, 9.17) is 5.11 Å². The molecule has 21 heavy (non-hydrogen) atoms. The van der Waals surface area contributed by atoms with Gasteiger partial charge in [-0.2, -0.15) is 0 Å². The van der Waals surface area contributed by atoms with Crippen LogP contribution >= 0.6 is 0 Å². The zero-order valence-electron chi connectivity index (χ0n) is 12.6. The molecule has 0 spiro atoms. The molecule has 2 rings (SSSR count). The molecule has 0 aromatic rings. The zero-order valence-corrected chi connectivity index (χ0v) is 12.6. The van der Waals surface area contributed by atoms with E-state index in [1.54, 1.807) is 0 Å². The molecule has 1 fully saturated rings. The highest BCUT2D eigenvalue weighted by molar-refractivity contribution is 5.74. The molecule has 5 heteroatoms. The second-order valence-corrected chi connectivity index (χ2v) is 6.15. The fourth-order valence-electron chi connectivity index (χ4n) is 3.19. The van der Waals surface area contributed by atoms with Gasteiger partial charge in [-0.3, -0.25) is 4.79 Å². The van der Waals surface area contributed by atoms with Gasteiger partial charge in [0.25, 0.3) is 0 Å². The maximum Gasteiger partial charge on any atom is 0.315 e. The van der Waals surface area contributed by atoms with Crippen molar-refractivity contribution < 1.29 is 14.7 Å². The summed E-state index contributed by atoms with van der Waals surface area (Å²) in [6.45, 7) is 0.683. The first-order valence-corrected chi connectivity index (χ1v) is 8.10. The Morgan fingerprint density at radius 3 is 2.57 bits per heavy atom. The van der Waals surface area contributed by atoms with Gasteiger partial charge in [0.05, 0.1) is 5.92 Å². The smallest absolute Gasteiger partial charge is 0.315 e. The van der Waals surface area contributed by atoms with Crippen LogP contribution in [-0.4, -0.2) is 29.7 Å². The molecular formula is C16H26N2O3. The van der Waals surface area contributed by atoms with Gasteiger partial charge in [0.15, 0.2) is 0 Å². The first kappa shape index (κ1) is 15.9. The predicted octanol–water partition coefficient (Wildman–Crippen LogP) is 2.82. The van der Waals surface area contributed by atoms with Crippen LogP contribution in [0.15, 0.2) is 11.6 Å². The van der Waals surface area contributed by atoms with Crippen LogP contribution in [0.3, 0.4) is 0 Å². The van der Waals surface area contributed by atoms with Crippen molar-refractivity contribution in [3.05, 3.63) is 11.6 Å². The van der Waals surface area contributed by atoms with E-state index in [0.29, 0.717) is 19.4 Å². The summed E-state index contributed by atoms with van der Waals surface area (Å²) in [4.78, 5) is 22.7. The van der Waals surface area contributed by atoms with E-state index >= 15 is 0 Å². The largest absolute Gasteiger partial charge is 0.481 e. The fraction of sp³-hybridized carbons (Fsp3) is 0.750. The van der Waals surface area contributed by atoms with Crippen molar-refractivity contribution in [3.63, 3.8) is 0 Å². The number of hydrogen-bond acceptors (Lipinski definition) is 2. The van der Waals surface area contributed by atoms with Crippen molar-refractivity contribution in [2.24, 2.45) is 5.92 Å². The number of nitrogens with one attached hydrogen (secondary N) is 2. The van der Waals surface area contributed by atoms with Crippen molar-refractivity contribution in [2.45, 2.75) is 63.8 Å². The number of urea groups is 1. The standard InChI is InChI=1S/C16H26N2O3/c19-15(20)13-6-8-14(9-7-13)18-16(21)17-11-10-12-4-2-1-3-5-12/h4,13-14H,1-3,5-11H2,(H,19,20)(H2,17,18,21). The number of rotatable bonds is 5. The second-order valence-electron chi connectivity index (χ2n) is 6.15. The number of carbonyl (C=O) groups is 2. The summed E-state index contributed by atoms with van der Waals surface area (Å²) in [5.74, 6) is -0.942. The van der Waals surface area contributed by atoms with Crippen molar-refractivity contribution in [1.82, 2.24) is 10.6 Å². The molecule has 118 valence electrons. The molecule has 0 aromatic carbocycles. The third-order valence-corrected chi connectivity index (χ3v) is 4.53. The Morgan fingerprint density at radius 1 is 1.19 bits per heavy atom. The number of aliphatic carboxylic acids is 1. The normalized spacial score (nSPS) is 25.8. The van der Waals surface area contributed by atoms with Crippen molar-refractivity contribution in [3.8, 4) is 0 Å². The molecule has 2 aliphatic carbocycles. The molecule has 1 saturated carbocycles. The maximum absolute atomic E-state index is 11.8. The molecule has 3 N–H and O–H groups in total. The van der Waals surface area contributed by atoms with Crippen molar-refractivity contribution in [1.29, 1.82) is 0 Å². The Labute approximate surface area is 126 Å². The molecule has 0 bridgehead atoms. The van der Waals surface area contributed by atoms with E-state index in [2.05, 4.69) is 16.7 Å². The van der Waals surface area contributed by atoms with Gasteiger partial charge in [-0.1, -0.05) is 11.6 Å². The van der Waals surface area contributed by atoms with E-state index < -0.39 is 5.97 Å². The molecule has 0 aromatic heterocycles. The van der Waals surface area contributed by atoms with Crippen LogP contribution in [0.1, 0.15) is 57.8 Å². The minimum Gasteiger partial charge on any atom is -0.481 e. The van der Waals surface area contributed by atoms with Crippen LogP contribution in [0.2, 0.25) is 0 Å². The summed E-state index contributed by atoms with van der Waals surface area (Å²) in [6.07, 6.45) is 11.0. The Bertz CT molecular complexity index is 398. The lowest BCUT2D eigenvalue weighted by molar-refractivity contribution is -0.142. The molecule has 2 aliphatic rings. The lowest BCUT2D eigenvalue weighted by atomic mass is 9.86. The van der Waals surface area contributed by atoms with Crippen LogP contribution in [0.5, 0.6) is 0 Å². The van der Waals surface area contributed by atoms with Crippen LogP contribution in [0, 0.1) is 5.92 Å². The summed E-state index contributed by atoms with van der Waals surface area (Å²) in [6, 6.07) is -0.000296. The van der Waals surface area contributed by atoms with Gasteiger partial charge in [-0.15, -0.1) is 0 Å². The number of carboxylic acid groups (broad SMARTS) is 1. The highest BCUT2D eigenvalue weighted by Gasteiger charge is 2.26. The third kappa shape index (κ3) is 5.40. The second kappa shape index (κ2) is 8.05. The minimum absolute atomic E-state index is 0.120. The summed E-state index contributed by atoms with van der Waals surface area (Å²) >= 11 is 0. The molecule has 0 saturated heterocycles. The van der Waals surface area contributed by atoms with Gasteiger partial charge in [0.2, 0.25) is 0 Å². The molecule has 0 atom stereocenters.